The first kappa shape index (κ1) is 16.9. The second kappa shape index (κ2) is 6.31. The lowest BCUT2D eigenvalue weighted by atomic mass is 10.3. The molecule has 10 heteroatoms. The molecule has 0 unspecified atom stereocenters. The first-order chi connectivity index (χ1) is 12.9. The topological polar surface area (TPSA) is 85.1 Å². The maximum absolute atomic E-state index is 12.9. The number of para-hydroxylation sites is 2. The first-order valence-corrected chi connectivity index (χ1v) is 7.83. The Labute approximate surface area is 149 Å². The Balaban J connectivity index is 1.56. The number of benzene rings is 1. The predicted molar refractivity (Wildman–Crippen MR) is 88.7 cm³/mol. The Morgan fingerprint density at radius 2 is 1.85 bits per heavy atom. The number of halogens is 3. The van der Waals surface area contributed by atoms with Crippen LogP contribution >= 0.6 is 0 Å². The van der Waals surface area contributed by atoms with Crippen LogP contribution in [0.2, 0.25) is 0 Å². The molecular formula is C17H11F3N6O. The van der Waals surface area contributed by atoms with Gasteiger partial charge in [0.15, 0.2) is 11.5 Å². The second-order valence-electron chi connectivity index (χ2n) is 5.69. The fourth-order valence-corrected chi connectivity index (χ4v) is 2.54. The second-order valence-corrected chi connectivity index (χ2v) is 5.69. The summed E-state index contributed by atoms with van der Waals surface area (Å²) in [6.07, 6.45) is -2.26. The monoisotopic (exact) mass is 372 g/mol. The largest absolute Gasteiger partial charge is 0.417 e. The standard InChI is InChI=1S/C17H11F3N6O/c18-17(19,20)10-5-6-14-24-25-15(26(14)9-10)8-22-16(27)13-7-21-11-3-1-2-4-12(11)23-13/h1-7,9H,8H2,(H,22,27). The Bertz CT molecular complexity index is 1150. The summed E-state index contributed by atoms with van der Waals surface area (Å²) in [7, 11) is 0. The number of amides is 1. The Kier molecular flexibility index (Phi) is 3.94. The molecule has 3 heterocycles. The van der Waals surface area contributed by atoms with Gasteiger partial charge in [-0.1, -0.05) is 12.1 Å². The summed E-state index contributed by atoms with van der Waals surface area (Å²) in [6.45, 7) is -0.115. The quantitative estimate of drug-likeness (QED) is 0.598. The Hall–Kier alpha value is -3.56. The van der Waals surface area contributed by atoms with Gasteiger partial charge in [0.25, 0.3) is 5.91 Å². The number of rotatable bonds is 3. The molecule has 0 aliphatic carbocycles. The highest BCUT2D eigenvalue weighted by Gasteiger charge is 2.31. The van der Waals surface area contributed by atoms with E-state index in [1.54, 1.807) is 18.2 Å². The SMILES string of the molecule is O=C(NCc1nnc2ccc(C(F)(F)F)cn12)c1cnc2ccccc2n1. The molecule has 4 rings (SSSR count). The van der Waals surface area contributed by atoms with E-state index in [1.165, 1.54) is 16.7 Å². The van der Waals surface area contributed by atoms with Crippen molar-refractivity contribution in [2.24, 2.45) is 0 Å². The van der Waals surface area contributed by atoms with Gasteiger partial charge in [0, 0.05) is 6.20 Å². The van der Waals surface area contributed by atoms with E-state index in [4.69, 9.17) is 0 Å². The number of pyridine rings is 1. The molecule has 7 nitrogen and oxygen atoms in total. The van der Waals surface area contributed by atoms with Gasteiger partial charge >= 0.3 is 6.18 Å². The van der Waals surface area contributed by atoms with E-state index in [-0.39, 0.29) is 23.7 Å². The fraction of sp³-hybridized carbons (Fsp3) is 0.118. The fourth-order valence-electron chi connectivity index (χ4n) is 2.54. The molecule has 0 atom stereocenters. The number of hydrogen-bond acceptors (Lipinski definition) is 5. The summed E-state index contributed by atoms with van der Waals surface area (Å²) in [5.74, 6) is -0.352. The van der Waals surface area contributed by atoms with Gasteiger partial charge in [0.1, 0.15) is 5.69 Å². The summed E-state index contributed by atoms with van der Waals surface area (Å²) in [5, 5.41) is 10.2. The maximum atomic E-state index is 12.9. The molecule has 0 spiro atoms. The minimum atomic E-state index is -4.49. The number of carbonyl (C=O) groups excluding carboxylic acids is 1. The van der Waals surface area contributed by atoms with Crippen molar-refractivity contribution in [3.63, 3.8) is 0 Å². The van der Waals surface area contributed by atoms with Crippen LogP contribution in [0.15, 0.2) is 48.8 Å². The molecule has 0 aliphatic rings. The van der Waals surface area contributed by atoms with Crippen molar-refractivity contribution < 1.29 is 18.0 Å². The zero-order valence-corrected chi connectivity index (χ0v) is 13.6. The van der Waals surface area contributed by atoms with Gasteiger partial charge in [-0.05, 0) is 24.3 Å². The van der Waals surface area contributed by atoms with Crippen molar-refractivity contribution >= 4 is 22.6 Å². The van der Waals surface area contributed by atoms with Crippen molar-refractivity contribution in [3.05, 3.63) is 65.9 Å². The smallest absolute Gasteiger partial charge is 0.343 e. The molecule has 4 aromatic rings. The zero-order valence-electron chi connectivity index (χ0n) is 13.6. The van der Waals surface area contributed by atoms with Gasteiger partial charge in [-0.15, -0.1) is 10.2 Å². The summed E-state index contributed by atoms with van der Waals surface area (Å²) in [5.41, 5.74) is 0.726. The molecule has 1 amide bonds. The lowest BCUT2D eigenvalue weighted by Crippen LogP contribution is -2.25. The number of nitrogens with zero attached hydrogens (tertiary/aromatic N) is 5. The van der Waals surface area contributed by atoms with E-state index in [1.807, 2.05) is 6.07 Å². The van der Waals surface area contributed by atoms with Gasteiger partial charge in [-0.3, -0.25) is 14.2 Å². The minimum Gasteiger partial charge on any atom is -0.343 e. The normalized spacial score (nSPS) is 11.8. The van der Waals surface area contributed by atoms with E-state index >= 15 is 0 Å². The van der Waals surface area contributed by atoms with Gasteiger partial charge in [-0.2, -0.15) is 13.2 Å². The average Bonchev–Trinajstić information content (AvgIpc) is 3.07. The molecule has 0 radical (unpaired) electrons. The van der Waals surface area contributed by atoms with E-state index in [9.17, 15) is 18.0 Å². The lowest BCUT2D eigenvalue weighted by Gasteiger charge is -2.08. The van der Waals surface area contributed by atoms with Crippen molar-refractivity contribution in [2.75, 3.05) is 0 Å². The Morgan fingerprint density at radius 1 is 1.07 bits per heavy atom. The molecule has 0 saturated heterocycles. The molecule has 3 aromatic heterocycles. The van der Waals surface area contributed by atoms with Crippen LogP contribution in [0.4, 0.5) is 13.2 Å². The number of nitrogens with one attached hydrogen (secondary N) is 1. The van der Waals surface area contributed by atoms with Crippen LogP contribution in [0.5, 0.6) is 0 Å². The number of aromatic nitrogens is 5. The van der Waals surface area contributed by atoms with Crippen LogP contribution in [-0.4, -0.2) is 30.5 Å². The van der Waals surface area contributed by atoms with E-state index in [2.05, 4.69) is 25.5 Å². The highest BCUT2D eigenvalue weighted by Crippen LogP contribution is 2.29. The van der Waals surface area contributed by atoms with Crippen LogP contribution < -0.4 is 5.32 Å². The summed E-state index contributed by atoms with van der Waals surface area (Å²) in [6, 6.07) is 9.23. The number of alkyl halides is 3. The molecule has 0 bridgehead atoms. The van der Waals surface area contributed by atoms with Gasteiger partial charge < -0.3 is 5.32 Å². The highest BCUT2D eigenvalue weighted by atomic mass is 19.4. The van der Waals surface area contributed by atoms with E-state index in [0.717, 1.165) is 12.3 Å². The van der Waals surface area contributed by atoms with Crippen molar-refractivity contribution in [1.82, 2.24) is 29.9 Å². The molecular weight excluding hydrogens is 361 g/mol. The summed E-state index contributed by atoms with van der Waals surface area (Å²) in [4.78, 5) is 20.7. The van der Waals surface area contributed by atoms with Crippen LogP contribution in [-0.2, 0) is 12.7 Å². The first-order valence-electron chi connectivity index (χ1n) is 7.83. The number of carbonyl (C=O) groups is 1. The molecule has 136 valence electrons. The molecule has 0 fully saturated rings. The Morgan fingerprint density at radius 3 is 2.63 bits per heavy atom. The van der Waals surface area contributed by atoms with Crippen LogP contribution in [0.25, 0.3) is 16.7 Å². The molecule has 27 heavy (non-hydrogen) atoms. The van der Waals surface area contributed by atoms with Crippen LogP contribution in [0, 0.1) is 0 Å². The third kappa shape index (κ3) is 3.28. The van der Waals surface area contributed by atoms with Crippen LogP contribution in [0.3, 0.4) is 0 Å². The van der Waals surface area contributed by atoms with Gasteiger partial charge in [0.05, 0.1) is 29.3 Å². The summed E-state index contributed by atoms with van der Waals surface area (Å²) < 4.78 is 39.8. The number of fused-ring (bicyclic) bond motifs is 2. The van der Waals surface area contributed by atoms with Gasteiger partial charge in [0.2, 0.25) is 0 Å². The van der Waals surface area contributed by atoms with Crippen LogP contribution in [0.1, 0.15) is 21.9 Å². The third-order valence-electron chi connectivity index (χ3n) is 3.89. The van der Waals surface area contributed by atoms with E-state index < -0.39 is 17.6 Å². The zero-order chi connectivity index (χ0) is 19.0. The van der Waals surface area contributed by atoms with E-state index in [0.29, 0.717) is 11.0 Å². The predicted octanol–water partition coefficient (Wildman–Crippen LogP) is 2.62. The molecule has 1 N–H and O–H groups in total. The minimum absolute atomic E-state index is 0.0958. The molecule has 1 aromatic carbocycles. The third-order valence-corrected chi connectivity index (χ3v) is 3.89. The molecule has 0 saturated carbocycles. The lowest BCUT2D eigenvalue weighted by molar-refractivity contribution is -0.137. The summed E-state index contributed by atoms with van der Waals surface area (Å²) >= 11 is 0. The number of hydrogen-bond donors (Lipinski definition) is 1. The maximum Gasteiger partial charge on any atom is 0.417 e. The average molecular weight is 372 g/mol. The highest BCUT2D eigenvalue weighted by molar-refractivity contribution is 5.93. The van der Waals surface area contributed by atoms with Crippen molar-refractivity contribution in [3.8, 4) is 0 Å². The van der Waals surface area contributed by atoms with Crippen molar-refractivity contribution in [2.45, 2.75) is 12.7 Å². The van der Waals surface area contributed by atoms with Gasteiger partial charge in [-0.25, -0.2) is 4.98 Å². The molecule has 0 aliphatic heterocycles. The van der Waals surface area contributed by atoms with Crippen molar-refractivity contribution in [1.29, 1.82) is 0 Å².